The third-order valence-electron chi connectivity index (χ3n) is 6.96. The van der Waals surface area contributed by atoms with Crippen molar-refractivity contribution in [2.24, 2.45) is 5.92 Å². The van der Waals surface area contributed by atoms with Gasteiger partial charge in [-0.3, -0.25) is 14.4 Å². The zero-order valence-electron chi connectivity index (χ0n) is 23.7. The fourth-order valence-corrected chi connectivity index (χ4v) is 5.49. The number of anilines is 2. The molecule has 1 saturated heterocycles. The summed E-state index contributed by atoms with van der Waals surface area (Å²) in [6.07, 6.45) is 2.32. The molecule has 1 unspecified atom stereocenters. The molecule has 2 aromatic carbocycles. The van der Waals surface area contributed by atoms with E-state index in [0.29, 0.717) is 48.8 Å². The van der Waals surface area contributed by atoms with Gasteiger partial charge in [0.1, 0.15) is 17.8 Å². The van der Waals surface area contributed by atoms with E-state index in [9.17, 15) is 22.8 Å². The van der Waals surface area contributed by atoms with E-state index in [1.165, 1.54) is 17.2 Å². The van der Waals surface area contributed by atoms with Gasteiger partial charge in [0.15, 0.2) is 0 Å². The summed E-state index contributed by atoms with van der Waals surface area (Å²) in [7, 11) is -4.27. The Balaban J connectivity index is 1.49. The third kappa shape index (κ3) is 8.27. The number of amides is 3. The number of hydrogen-bond donors (Lipinski definition) is 1. The summed E-state index contributed by atoms with van der Waals surface area (Å²) >= 11 is 0. The number of benzene rings is 2. The van der Waals surface area contributed by atoms with Crippen molar-refractivity contribution in [3.05, 3.63) is 95.5 Å². The summed E-state index contributed by atoms with van der Waals surface area (Å²) in [5.74, 6) is -3.10. The van der Waals surface area contributed by atoms with Crippen LogP contribution in [-0.4, -0.2) is 68.7 Å². The van der Waals surface area contributed by atoms with Crippen LogP contribution in [0.3, 0.4) is 0 Å². The van der Waals surface area contributed by atoms with Crippen LogP contribution in [0.5, 0.6) is 0 Å². The molecule has 222 valence electrons. The van der Waals surface area contributed by atoms with Gasteiger partial charge in [-0.2, -0.15) is 5.26 Å². The van der Waals surface area contributed by atoms with Crippen LogP contribution in [0.1, 0.15) is 24.5 Å². The van der Waals surface area contributed by atoms with Crippen molar-refractivity contribution in [3.8, 4) is 6.07 Å². The number of pyridine rings is 1. The molecule has 3 amide bonds. The normalized spacial score (nSPS) is 14.1. The smallest absolute Gasteiger partial charge is 0.257 e. The van der Waals surface area contributed by atoms with Crippen molar-refractivity contribution in [1.29, 1.82) is 5.26 Å². The van der Waals surface area contributed by atoms with E-state index >= 15 is 0 Å². The van der Waals surface area contributed by atoms with Gasteiger partial charge < -0.3 is 14.7 Å². The monoisotopic (exact) mass is 600 g/mol. The standard InChI is InChI=1S/C31H32N6O5S/c1-2-37(26-11-7-4-8-12-26)31(40)27(30(39)34-43(41,42)20-15-24-9-5-3-6-10-24)21-29(38)36-18-16-35(17-19-36)28-14-13-25(22-32)23-33-28/h3-15,20,23,27H,2,16-19,21H2,1H3,(H,34,39)/b20-15+. The molecule has 2 heterocycles. The fraction of sp³-hybridized carbons (Fsp3) is 0.258. The molecule has 1 aromatic heterocycles. The summed E-state index contributed by atoms with van der Waals surface area (Å²) in [5.41, 5.74) is 1.58. The zero-order chi connectivity index (χ0) is 30.8. The minimum Gasteiger partial charge on any atom is -0.353 e. The first-order valence-corrected chi connectivity index (χ1v) is 15.3. The number of sulfonamides is 1. The maximum Gasteiger partial charge on any atom is 0.257 e. The average molecular weight is 601 g/mol. The lowest BCUT2D eigenvalue weighted by atomic mass is 10.0. The highest BCUT2D eigenvalue weighted by Crippen LogP contribution is 2.21. The van der Waals surface area contributed by atoms with Crippen LogP contribution in [0.2, 0.25) is 0 Å². The van der Waals surface area contributed by atoms with Crippen molar-refractivity contribution in [2.75, 3.05) is 42.5 Å². The number of rotatable bonds is 10. The number of piperazine rings is 1. The largest absolute Gasteiger partial charge is 0.353 e. The molecule has 4 rings (SSSR count). The summed E-state index contributed by atoms with van der Waals surface area (Å²) in [6, 6.07) is 22.8. The number of para-hydroxylation sites is 1. The van der Waals surface area contributed by atoms with Crippen LogP contribution >= 0.6 is 0 Å². The predicted octanol–water partition coefficient (Wildman–Crippen LogP) is 2.78. The van der Waals surface area contributed by atoms with Crippen LogP contribution in [0.4, 0.5) is 11.5 Å². The van der Waals surface area contributed by atoms with E-state index < -0.39 is 40.1 Å². The Bertz CT molecular complexity index is 1600. The van der Waals surface area contributed by atoms with Crippen molar-refractivity contribution in [3.63, 3.8) is 0 Å². The van der Waals surface area contributed by atoms with Gasteiger partial charge in [0, 0.05) is 51.0 Å². The molecule has 3 aromatic rings. The van der Waals surface area contributed by atoms with E-state index in [4.69, 9.17) is 5.26 Å². The summed E-state index contributed by atoms with van der Waals surface area (Å²) in [5, 5.41) is 9.85. The van der Waals surface area contributed by atoms with E-state index in [-0.39, 0.29) is 6.54 Å². The fourth-order valence-electron chi connectivity index (χ4n) is 4.66. The molecule has 1 fully saturated rings. The predicted molar refractivity (Wildman–Crippen MR) is 163 cm³/mol. The molecule has 0 saturated carbocycles. The van der Waals surface area contributed by atoms with Gasteiger partial charge in [0.25, 0.3) is 10.0 Å². The summed E-state index contributed by atoms with van der Waals surface area (Å²) in [6.45, 7) is 3.49. The molecular weight excluding hydrogens is 568 g/mol. The second-order valence-corrected chi connectivity index (χ2v) is 11.4. The Labute approximate surface area is 251 Å². The van der Waals surface area contributed by atoms with E-state index in [2.05, 4.69) is 4.98 Å². The maximum absolute atomic E-state index is 13.7. The number of hydrogen-bond acceptors (Lipinski definition) is 8. The number of aromatic nitrogens is 1. The second kappa shape index (κ2) is 14.2. The molecule has 0 bridgehead atoms. The molecule has 1 aliphatic heterocycles. The molecule has 1 atom stereocenters. The van der Waals surface area contributed by atoms with Gasteiger partial charge in [-0.25, -0.2) is 18.1 Å². The van der Waals surface area contributed by atoms with Crippen molar-refractivity contribution >= 4 is 45.3 Å². The van der Waals surface area contributed by atoms with Gasteiger partial charge in [-0.15, -0.1) is 0 Å². The van der Waals surface area contributed by atoms with Crippen molar-refractivity contribution in [1.82, 2.24) is 14.6 Å². The molecular formula is C31H32N6O5S. The molecule has 1 N–H and O–H groups in total. The topological polar surface area (TPSA) is 144 Å². The Morgan fingerprint density at radius 2 is 1.65 bits per heavy atom. The highest BCUT2D eigenvalue weighted by molar-refractivity contribution is 7.93. The lowest BCUT2D eigenvalue weighted by Gasteiger charge is -2.36. The van der Waals surface area contributed by atoms with E-state index in [1.54, 1.807) is 84.6 Å². The van der Waals surface area contributed by atoms with Gasteiger partial charge in [0.05, 0.1) is 11.0 Å². The zero-order valence-corrected chi connectivity index (χ0v) is 24.5. The highest BCUT2D eigenvalue weighted by Gasteiger charge is 2.36. The van der Waals surface area contributed by atoms with E-state index in [0.717, 1.165) is 5.41 Å². The second-order valence-electron chi connectivity index (χ2n) is 9.78. The minimum absolute atomic E-state index is 0.206. The number of nitrogens with one attached hydrogen (secondary N) is 1. The Hall–Kier alpha value is -5.02. The SMILES string of the molecule is CCN(C(=O)C(CC(=O)N1CCN(c2ccc(C#N)cn2)CC1)C(=O)NS(=O)(=O)/C=C/c1ccccc1)c1ccccc1. The molecule has 12 heteroatoms. The van der Waals surface area contributed by atoms with Gasteiger partial charge in [-0.05, 0) is 42.8 Å². The lowest BCUT2D eigenvalue weighted by molar-refractivity contribution is -0.141. The van der Waals surface area contributed by atoms with Gasteiger partial charge in [0.2, 0.25) is 17.7 Å². The average Bonchev–Trinajstić information content (AvgIpc) is 3.03. The third-order valence-corrected chi connectivity index (χ3v) is 7.94. The lowest BCUT2D eigenvalue weighted by Crippen LogP contribution is -2.51. The molecule has 0 aliphatic carbocycles. The van der Waals surface area contributed by atoms with Gasteiger partial charge in [-0.1, -0.05) is 48.5 Å². The van der Waals surface area contributed by atoms with E-state index in [1.807, 2.05) is 15.7 Å². The van der Waals surface area contributed by atoms with Crippen LogP contribution < -0.4 is 14.5 Å². The quantitative estimate of drug-likeness (QED) is 0.350. The number of nitriles is 1. The molecule has 0 spiro atoms. The number of nitrogens with zero attached hydrogens (tertiary/aromatic N) is 5. The summed E-state index contributed by atoms with van der Waals surface area (Å²) in [4.78, 5) is 49.7. The first-order valence-electron chi connectivity index (χ1n) is 13.8. The highest BCUT2D eigenvalue weighted by atomic mass is 32.2. The number of carbonyl (C=O) groups is 3. The minimum atomic E-state index is -4.27. The first kappa shape index (κ1) is 30.9. The van der Waals surface area contributed by atoms with Crippen LogP contribution in [0, 0.1) is 17.2 Å². The summed E-state index contributed by atoms with van der Waals surface area (Å²) < 4.78 is 27.5. The Kier molecular flexibility index (Phi) is 10.2. The maximum atomic E-state index is 13.7. The first-order chi connectivity index (χ1) is 20.7. The van der Waals surface area contributed by atoms with Crippen LogP contribution in [-0.2, 0) is 24.4 Å². The Morgan fingerprint density at radius 1 is 1.00 bits per heavy atom. The Morgan fingerprint density at radius 3 is 2.23 bits per heavy atom. The van der Waals surface area contributed by atoms with Crippen LogP contribution in [0.15, 0.2) is 84.4 Å². The molecule has 11 nitrogen and oxygen atoms in total. The molecule has 0 radical (unpaired) electrons. The number of carbonyl (C=O) groups excluding carboxylic acids is 3. The van der Waals surface area contributed by atoms with Crippen molar-refractivity contribution in [2.45, 2.75) is 13.3 Å². The van der Waals surface area contributed by atoms with Gasteiger partial charge >= 0.3 is 0 Å². The molecule has 1 aliphatic rings. The molecule has 43 heavy (non-hydrogen) atoms. The van der Waals surface area contributed by atoms with Crippen molar-refractivity contribution < 1.29 is 22.8 Å². The van der Waals surface area contributed by atoms with Crippen LogP contribution in [0.25, 0.3) is 6.08 Å².